The summed E-state index contributed by atoms with van der Waals surface area (Å²) in [5.41, 5.74) is 8.66. The van der Waals surface area contributed by atoms with Crippen molar-refractivity contribution < 1.29 is 4.42 Å². The Kier molecular flexibility index (Phi) is 5.83. The van der Waals surface area contributed by atoms with E-state index in [0.29, 0.717) is 0 Å². The molecule has 11 rings (SSSR count). The maximum absolute atomic E-state index is 6.54. The van der Waals surface area contributed by atoms with Gasteiger partial charge in [-0.25, -0.2) is 0 Å². The number of para-hydroxylation sites is 3. The van der Waals surface area contributed by atoms with Crippen LogP contribution in [-0.2, 0) is 0 Å². The van der Waals surface area contributed by atoms with Crippen molar-refractivity contribution >= 4 is 103 Å². The van der Waals surface area contributed by atoms with Gasteiger partial charge in [-0.05, 0) is 90.3 Å². The molecule has 0 radical (unpaired) electrons. The molecule has 0 amide bonds. The van der Waals surface area contributed by atoms with E-state index in [4.69, 9.17) is 4.42 Å². The molecule has 8 aromatic carbocycles. The van der Waals surface area contributed by atoms with Gasteiger partial charge in [0.1, 0.15) is 11.2 Å². The molecule has 0 aliphatic rings. The van der Waals surface area contributed by atoms with Gasteiger partial charge in [0.2, 0.25) is 0 Å². The van der Waals surface area contributed by atoms with Crippen LogP contribution in [0.15, 0.2) is 174 Å². The lowest BCUT2D eigenvalue weighted by Crippen LogP contribution is -2.10. The monoisotopic (exact) mass is 656 g/mol. The fourth-order valence-corrected chi connectivity index (χ4v) is 8.97. The van der Waals surface area contributed by atoms with Crippen LogP contribution in [0.5, 0.6) is 0 Å². The summed E-state index contributed by atoms with van der Waals surface area (Å²) in [7, 11) is 0. The van der Waals surface area contributed by atoms with Crippen LogP contribution in [0.1, 0.15) is 0 Å². The highest BCUT2D eigenvalue weighted by molar-refractivity contribution is 7.25. The van der Waals surface area contributed by atoms with Gasteiger partial charge in [0.05, 0.1) is 11.0 Å². The Morgan fingerprint density at radius 1 is 0.420 bits per heavy atom. The van der Waals surface area contributed by atoms with Crippen molar-refractivity contribution in [2.45, 2.75) is 0 Å². The number of anilines is 3. The fraction of sp³-hybridized carbons (Fsp3) is 0. The third-order valence-corrected chi connectivity index (χ3v) is 11.3. The van der Waals surface area contributed by atoms with Gasteiger partial charge < -0.3 is 13.9 Å². The molecule has 50 heavy (non-hydrogen) atoms. The molecule has 3 heterocycles. The molecule has 0 saturated carbocycles. The predicted octanol–water partition coefficient (Wildman–Crippen LogP) is 13.7. The van der Waals surface area contributed by atoms with Crippen molar-refractivity contribution in [3.8, 4) is 5.69 Å². The first-order valence-electron chi connectivity index (χ1n) is 16.9. The fourth-order valence-electron chi connectivity index (χ4n) is 7.88. The molecule has 0 N–H and O–H groups in total. The molecule has 3 nitrogen and oxygen atoms in total. The number of hydrogen-bond donors (Lipinski definition) is 0. The first kappa shape index (κ1) is 27.6. The molecular weight excluding hydrogens is 629 g/mol. The predicted molar refractivity (Wildman–Crippen MR) is 213 cm³/mol. The summed E-state index contributed by atoms with van der Waals surface area (Å²) in [6.45, 7) is 0. The van der Waals surface area contributed by atoms with Crippen LogP contribution in [0, 0.1) is 0 Å². The Morgan fingerprint density at radius 3 is 1.92 bits per heavy atom. The van der Waals surface area contributed by atoms with E-state index in [1.165, 1.54) is 42.0 Å². The molecule has 11 aromatic rings. The van der Waals surface area contributed by atoms with Crippen molar-refractivity contribution in [2.75, 3.05) is 4.90 Å². The number of rotatable bonds is 4. The van der Waals surface area contributed by atoms with E-state index in [9.17, 15) is 0 Å². The first-order chi connectivity index (χ1) is 24.8. The Balaban J connectivity index is 1.19. The Labute approximate surface area is 291 Å². The van der Waals surface area contributed by atoms with Gasteiger partial charge in [0.15, 0.2) is 0 Å². The standard InChI is InChI=1S/C46H28N2OS/c1-2-10-30(11-3-1)48-41-15-7-4-12-34(41)39-27-32(21-24-42(39)48)47(33-22-25-45-40(28-33)36-14-6-9-17-44(36)50-45)31-20-18-29-19-23-37-35-13-5-8-16-43(35)49-46(37)38(29)26-31/h1-28H. The van der Waals surface area contributed by atoms with Gasteiger partial charge in [0.25, 0.3) is 0 Å². The summed E-state index contributed by atoms with van der Waals surface area (Å²) in [6, 6.07) is 61.4. The van der Waals surface area contributed by atoms with Gasteiger partial charge in [-0.2, -0.15) is 0 Å². The van der Waals surface area contributed by atoms with E-state index >= 15 is 0 Å². The summed E-state index contributed by atoms with van der Waals surface area (Å²) in [6.07, 6.45) is 0. The smallest absolute Gasteiger partial charge is 0.143 e. The van der Waals surface area contributed by atoms with Gasteiger partial charge in [-0.1, -0.05) is 84.9 Å². The van der Waals surface area contributed by atoms with E-state index in [1.54, 1.807) is 0 Å². The average Bonchev–Trinajstić information content (AvgIpc) is 3.85. The second kappa shape index (κ2) is 10.6. The van der Waals surface area contributed by atoms with Crippen LogP contribution in [0.2, 0.25) is 0 Å². The number of hydrogen-bond acceptors (Lipinski definition) is 3. The summed E-state index contributed by atoms with van der Waals surface area (Å²) >= 11 is 1.85. The summed E-state index contributed by atoms with van der Waals surface area (Å²) in [5.74, 6) is 0. The molecule has 0 unspecified atom stereocenters. The van der Waals surface area contributed by atoms with Crippen LogP contribution in [0.3, 0.4) is 0 Å². The summed E-state index contributed by atoms with van der Waals surface area (Å²) in [4.78, 5) is 2.40. The van der Waals surface area contributed by atoms with E-state index in [-0.39, 0.29) is 0 Å². The zero-order valence-corrected chi connectivity index (χ0v) is 27.7. The van der Waals surface area contributed by atoms with Crippen LogP contribution in [0.25, 0.3) is 80.4 Å². The zero-order valence-electron chi connectivity index (χ0n) is 26.9. The Morgan fingerprint density at radius 2 is 1.04 bits per heavy atom. The average molecular weight is 657 g/mol. The van der Waals surface area contributed by atoms with Crippen LogP contribution < -0.4 is 4.90 Å². The highest BCUT2D eigenvalue weighted by Crippen LogP contribution is 2.44. The van der Waals surface area contributed by atoms with E-state index in [1.807, 2.05) is 17.4 Å². The van der Waals surface area contributed by atoms with E-state index < -0.39 is 0 Å². The minimum atomic E-state index is 0.910. The van der Waals surface area contributed by atoms with Gasteiger partial charge in [-0.15, -0.1) is 11.3 Å². The Hall–Kier alpha value is -6.36. The molecular formula is C46H28N2OS. The van der Waals surface area contributed by atoms with Crippen molar-refractivity contribution in [1.29, 1.82) is 0 Å². The first-order valence-corrected chi connectivity index (χ1v) is 17.7. The van der Waals surface area contributed by atoms with Crippen LogP contribution in [0.4, 0.5) is 17.1 Å². The molecule has 0 aliphatic heterocycles. The number of furan rings is 1. The number of thiophene rings is 1. The summed E-state index contributed by atoms with van der Waals surface area (Å²) in [5, 5.41) is 9.55. The van der Waals surface area contributed by atoms with E-state index in [2.05, 4.69) is 173 Å². The van der Waals surface area contributed by atoms with E-state index in [0.717, 1.165) is 55.5 Å². The lowest BCUT2D eigenvalue weighted by Gasteiger charge is -2.26. The molecule has 0 aliphatic carbocycles. The third-order valence-electron chi connectivity index (χ3n) is 10.2. The van der Waals surface area contributed by atoms with Crippen molar-refractivity contribution in [2.24, 2.45) is 0 Å². The van der Waals surface area contributed by atoms with Gasteiger partial charge in [0, 0.05) is 69.9 Å². The van der Waals surface area contributed by atoms with Gasteiger partial charge in [-0.3, -0.25) is 0 Å². The normalized spacial score (nSPS) is 12.0. The Bertz CT molecular complexity index is 3110. The molecule has 0 saturated heterocycles. The quantitative estimate of drug-likeness (QED) is 0.188. The number of fused-ring (bicyclic) bond motifs is 11. The maximum atomic E-state index is 6.54. The molecule has 0 spiro atoms. The van der Waals surface area contributed by atoms with Crippen molar-refractivity contribution in [1.82, 2.24) is 4.57 Å². The van der Waals surface area contributed by atoms with Crippen LogP contribution in [-0.4, -0.2) is 4.57 Å². The highest BCUT2D eigenvalue weighted by atomic mass is 32.1. The number of aromatic nitrogens is 1. The molecule has 234 valence electrons. The second-order valence-electron chi connectivity index (χ2n) is 12.9. The molecule has 0 fully saturated rings. The molecule has 0 bridgehead atoms. The maximum Gasteiger partial charge on any atom is 0.143 e. The highest BCUT2D eigenvalue weighted by Gasteiger charge is 2.20. The topological polar surface area (TPSA) is 21.3 Å². The lowest BCUT2D eigenvalue weighted by atomic mass is 10.0. The number of benzene rings is 8. The number of nitrogens with zero attached hydrogens (tertiary/aromatic N) is 2. The SMILES string of the molecule is c1ccc(-n2c3ccccc3c3cc(N(c4ccc5sc6ccccc6c5c4)c4ccc5ccc6c7ccccc7oc6c5c4)ccc32)cc1. The van der Waals surface area contributed by atoms with Crippen LogP contribution >= 0.6 is 11.3 Å². The summed E-state index contributed by atoms with van der Waals surface area (Å²) < 4.78 is 11.5. The molecule has 3 aromatic heterocycles. The molecule has 0 atom stereocenters. The van der Waals surface area contributed by atoms with Crippen molar-refractivity contribution in [3.05, 3.63) is 170 Å². The zero-order chi connectivity index (χ0) is 32.8. The minimum Gasteiger partial charge on any atom is -0.455 e. The third kappa shape index (κ3) is 4.03. The largest absolute Gasteiger partial charge is 0.455 e. The van der Waals surface area contributed by atoms with Gasteiger partial charge >= 0.3 is 0 Å². The lowest BCUT2D eigenvalue weighted by molar-refractivity contribution is 0.672. The second-order valence-corrected chi connectivity index (χ2v) is 14.0. The minimum absolute atomic E-state index is 0.910. The van der Waals surface area contributed by atoms with Crippen molar-refractivity contribution in [3.63, 3.8) is 0 Å². The molecule has 4 heteroatoms.